The van der Waals surface area contributed by atoms with Crippen LogP contribution in [0, 0.1) is 5.92 Å². The molecule has 1 aromatic rings. The van der Waals surface area contributed by atoms with Crippen LogP contribution in [-0.4, -0.2) is 50.9 Å². The van der Waals surface area contributed by atoms with Crippen molar-refractivity contribution >= 4 is 15.9 Å². The smallest absolute Gasteiger partial charge is 0.251 e. The first-order valence-electron chi connectivity index (χ1n) is 9.59. The van der Waals surface area contributed by atoms with E-state index in [4.69, 9.17) is 0 Å². The van der Waals surface area contributed by atoms with Crippen molar-refractivity contribution < 1.29 is 13.2 Å². The van der Waals surface area contributed by atoms with Crippen LogP contribution in [0.2, 0.25) is 0 Å². The molecule has 2 aliphatic rings. The lowest BCUT2D eigenvalue weighted by atomic mass is 10.1. The van der Waals surface area contributed by atoms with Crippen LogP contribution < -0.4 is 10.6 Å². The standard InChI is InChI=1S/C19H29N3O3S/c1-15-4-2-3-13-22(15)26(24,25)18-7-5-17(6-8-18)19(23)21-12-10-16-9-11-20-14-16/h5-8,15-16,20H,2-4,9-14H2,1H3,(H,21,23). The van der Waals surface area contributed by atoms with Gasteiger partial charge in [-0.1, -0.05) is 6.42 Å². The normalized spacial score (nSPS) is 24.5. The molecule has 2 N–H and O–H groups in total. The predicted octanol–water partition coefficient (Wildman–Crippen LogP) is 1.98. The Morgan fingerprint density at radius 3 is 2.65 bits per heavy atom. The fourth-order valence-corrected chi connectivity index (χ4v) is 5.49. The molecule has 0 spiro atoms. The summed E-state index contributed by atoms with van der Waals surface area (Å²) < 4.78 is 27.2. The summed E-state index contributed by atoms with van der Waals surface area (Å²) >= 11 is 0. The maximum Gasteiger partial charge on any atom is 0.251 e. The van der Waals surface area contributed by atoms with Gasteiger partial charge in [-0.25, -0.2) is 8.42 Å². The molecule has 2 atom stereocenters. The van der Waals surface area contributed by atoms with E-state index in [9.17, 15) is 13.2 Å². The molecule has 2 aliphatic heterocycles. The van der Waals surface area contributed by atoms with Crippen molar-refractivity contribution in [2.75, 3.05) is 26.2 Å². The van der Waals surface area contributed by atoms with E-state index in [-0.39, 0.29) is 16.8 Å². The number of benzene rings is 1. The maximum absolute atomic E-state index is 12.8. The molecule has 2 unspecified atom stereocenters. The Kier molecular flexibility index (Phi) is 6.32. The fraction of sp³-hybridized carbons (Fsp3) is 0.632. The number of nitrogens with one attached hydrogen (secondary N) is 2. The van der Waals surface area contributed by atoms with Gasteiger partial charge < -0.3 is 10.6 Å². The van der Waals surface area contributed by atoms with E-state index in [1.54, 1.807) is 28.6 Å². The first kappa shape index (κ1) is 19.3. The van der Waals surface area contributed by atoms with Crippen LogP contribution in [0.25, 0.3) is 0 Å². The Balaban J connectivity index is 1.59. The number of rotatable bonds is 6. The van der Waals surface area contributed by atoms with Gasteiger partial charge in [0, 0.05) is 24.7 Å². The summed E-state index contributed by atoms with van der Waals surface area (Å²) in [5, 5.41) is 6.25. The molecule has 1 amide bonds. The lowest BCUT2D eigenvalue weighted by molar-refractivity contribution is 0.0951. The molecule has 7 heteroatoms. The van der Waals surface area contributed by atoms with Crippen LogP contribution in [0.5, 0.6) is 0 Å². The van der Waals surface area contributed by atoms with E-state index in [2.05, 4.69) is 10.6 Å². The van der Waals surface area contributed by atoms with E-state index < -0.39 is 10.0 Å². The molecule has 0 saturated carbocycles. The highest BCUT2D eigenvalue weighted by molar-refractivity contribution is 7.89. The lowest BCUT2D eigenvalue weighted by Crippen LogP contribution is -2.41. The number of nitrogens with zero attached hydrogens (tertiary/aromatic N) is 1. The number of carbonyl (C=O) groups excluding carboxylic acids is 1. The first-order valence-corrected chi connectivity index (χ1v) is 11.0. The van der Waals surface area contributed by atoms with Gasteiger partial charge in [0.2, 0.25) is 10.0 Å². The number of amides is 1. The van der Waals surface area contributed by atoms with Crippen molar-refractivity contribution in [1.82, 2.24) is 14.9 Å². The maximum atomic E-state index is 12.8. The van der Waals surface area contributed by atoms with Gasteiger partial charge in [-0.3, -0.25) is 4.79 Å². The zero-order valence-electron chi connectivity index (χ0n) is 15.4. The second-order valence-electron chi connectivity index (χ2n) is 7.39. The lowest BCUT2D eigenvalue weighted by Gasteiger charge is -2.32. The van der Waals surface area contributed by atoms with Gasteiger partial charge >= 0.3 is 0 Å². The van der Waals surface area contributed by atoms with Crippen molar-refractivity contribution in [1.29, 1.82) is 0 Å². The number of carbonyl (C=O) groups is 1. The molecule has 1 aromatic carbocycles. The highest BCUT2D eigenvalue weighted by atomic mass is 32.2. The molecule has 0 aliphatic carbocycles. The van der Waals surface area contributed by atoms with Crippen LogP contribution >= 0.6 is 0 Å². The van der Waals surface area contributed by atoms with E-state index in [1.807, 2.05) is 6.92 Å². The van der Waals surface area contributed by atoms with E-state index >= 15 is 0 Å². The molecule has 3 rings (SSSR count). The average molecular weight is 380 g/mol. The summed E-state index contributed by atoms with van der Waals surface area (Å²) in [7, 11) is -3.49. The van der Waals surface area contributed by atoms with Crippen molar-refractivity contribution in [2.24, 2.45) is 5.92 Å². The summed E-state index contributed by atoms with van der Waals surface area (Å²) in [5.41, 5.74) is 0.500. The van der Waals surface area contributed by atoms with Gasteiger partial charge in [0.05, 0.1) is 4.90 Å². The number of sulfonamides is 1. The summed E-state index contributed by atoms with van der Waals surface area (Å²) in [4.78, 5) is 12.5. The molecule has 2 fully saturated rings. The van der Waals surface area contributed by atoms with Crippen molar-refractivity contribution in [3.8, 4) is 0 Å². The van der Waals surface area contributed by atoms with Gasteiger partial charge in [0.1, 0.15) is 0 Å². The molecule has 2 saturated heterocycles. The molecule has 144 valence electrons. The van der Waals surface area contributed by atoms with Crippen molar-refractivity contribution in [2.45, 2.75) is 50.0 Å². The highest BCUT2D eigenvalue weighted by Crippen LogP contribution is 2.25. The van der Waals surface area contributed by atoms with Crippen molar-refractivity contribution in [3.63, 3.8) is 0 Å². The first-order chi connectivity index (χ1) is 12.5. The Labute approximate surface area is 156 Å². The van der Waals surface area contributed by atoms with E-state index in [1.165, 1.54) is 0 Å². The molecule has 2 heterocycles. The molecule has 6 nitrogen and oxygen atoms in total. The quantitative estimate of drug-likeness (QED) is 0.792. The van der Waals surface area contributed by atoms with Gasteiger partial charge in [-0.2, -0.15) is 4.31 Å². The Morgan fingerprint density at radius 1 is 1.23 bits per heavy atom. The third-order valence-electron chi connectivity index (χ3n) is 5.47. The predicted molar refractivity (Wildman–Crippen MR) is 102 cm³/mol. The summed E-state index contributed by atoms with van der Waals surface area (Å²) in [6.45, 7) is 5.26. The molecular weight excluding hydrogens is 350 g/mol. The van der Waals surface area contributed by atoms with Crippen LogP contribution in [-0.2, 0) is 10.0 Å². The van der Waals surface area contributed by atoms with Crippen LogP contribution in [0.3, 0.4) is 0 Å². The molecule has 0 bridgehead atoms. The third kappa shape index (κ3) is 4.45. The summed E-state index contributed by atoms with van der Waals surface area (Å²) in [5.74, 6) is 0.487. The van der Waals surface area contributed by atoms with Crippen LogP contribution in [0.4, 0.5) is 0 Å². The summed E-state index contributed by atoms with van der Waals surface area (Å²) in [6, 6.07) is 6.34. The second kappa shape index (κ2) is 8.50. The van der Waals surface area contributed by atoms with Crippen molar-refractivity contribution in [3.05, 3.63) is 29.8 Å². The highest BCUT2D eigenvalue weighted by Gasteiger charge is 2.30. The van der Waals surface area contributed by atoms with Gasteiger partial charge in [-0.05, 0) is 75.9 Å². The zero-order chi connectivity index (χ0) is 18.6. The summed E-state index contributed by atoms with van der Waals surface area (Å²) in [6.07, 6.45) is 5.01. The molecule has 0 aromatic heterocycles. The average Bonchev–Trinajstić information content (AvgIpc) is 3.15. The third-order valence-corrected chi connectivity index (χ3v) is 7.49. The minimum atomic E-state index is -3.49. The fourth-order valence-electron chi connectivity index (χ4n) is 3.80. The van der Waals surface area contributed by atoms with Gasteiger partial charge in [0.15, 0.2) is 0 Å². The van der Waals surface area contributed by atoms with Gasteiger partial charge in [0.25, 0.3) is 5.91 Å². The SMILES string of the molecule is CC1CCCCN1S(=O)(=O)c1ccc(C(=O)NCCC2CCNC2)cc1. The topological polar surface area (TPSA) is 78.5 Å². The van der Waals surface area contributed by atoms with E-state index in [0.29, 0.717) is 24.6 Å². The van der Waals surface area contributed by atoms with E-state index in [0.717, 1.165) is 45.2 Å². The Hall–Kier alpha value is -1.44. The Morgan fingerprint density at radius 2 is 2.00 bits per heavy atom. The number of piperidine rings is 1. The Bertz CT molecular complexity index is 712. The molecule has 26 heavy (non-hydrogen) atoms. The second-order valence-corrected chi connectivity index (χ2v) is 9.28. The van der Waals surface area contributed by atoms with Crippen LogP contribution in [0.1, 0.15) is 49.4 Å². The monoisotopic (exact) mass is 379 g/mol. The minimum absolute atomic E-state index is 0.0294. The largest absolute Gasteiger partial charge is 0.352 e. The minimum Gasteiger partial charge on any atom is -0.352 e. The number of hydrogen-bond acceptors (Lipinski definition) is 4. The zero-order valence-corrected chi connectivity index (χ0v) is 16.2. The number of hydrogen-bond donors (Lipinski definition) is 2. The molecular formula is C19H29N3O3S. The van der Waals surface area contributed by atoms with Gasteiger partial charge in [-0.15, -0.1) is 0 Å². The van der Waals surface area contributed by atoms with Crippen LogP contribution in [0.15, 0.2) is 29.2 Å². The molecule has 0 radical (unpaired) electrons.